The standard InChI is InChI=1S/C13H15N3OS/c1-3-10-8-18-13(15-10)16-11-5-4-9(7-14)6-12(11)17-2/h4-6,10H,3,8H2,1-2H3,(H,15,16). The Morgan fingerprint density at radius 3 is 3.06 bits per heavy atom. The lowest BCUT2D eigenvalue weighted by Gasteiger charge is -2.10. The van der Waals surface area contributed by atoms with Crippen molar-refractivity contribution in [2.45, 2.75) is 19.4 Å². The molecular formula is C13H15N3OS. The molecular weight excluding hydrogens is 246 g/mol. The van der Waals surface area contributed by atoms with Crippen molar-refractivity contribution in [2.75, 3.05) is 18.2 Å². The van der Waals surface area contributed by atoms with Gasteiger partial charge in [0.1, 0.15) is 5.75 Å². The van der Waals surface area contributed by atoms with E-state index in [0.29, 0.717) is 17.4 Å². The van der Waals surface area contributed by atoms with E-state index in [1.165, 1.54) is 0 Å². The molecule has 0 radical (unpaired) electrons. The molecule has 94 valence electrons. The first kappa shape index (κ1) is 12.8. The van der Waals surface area contributed by atoms with Gasteiger partial charge in [0.2, 0.25) is 0 Å². The maximum Gasteiger partial charge on any atom is 0.161 e. The molecule has 5 heteroatoms. The van der Waals surface area contributed by atoms with Crippen LogP contribution in [0.25, 0.3) is 0 Å². The highest BCUT2D eigenvalue weighted by Gasteiger charge is 2.17. The summed E-state index contributed by atoms with van der Waals surface area (Å²) >= 11 is 1.72. The molecule has 0 aliphatic carbocycles. The lowest BCUT2D eigenvalue weighted by atomic mass is 10.2. The van der Waals surface area contributed by atoms with E-state index in [1.54, 1.807) is 31.0 Å². The zero-order valence-corrected chi connectivity index (χ0v) is 11.3. The Kier molecular flexibility index (Phi) is 4.11. The number of amidine groups is 1. The number of hydrogen-bond acceptors (Lipinski definition) is 5. The maximum atomic E-state index is 8.85. The topological polar surface area (TPSA) is 57.4 Å². The minimum atomic E-state index is 0.405. The van der Waals surface area contributed by atoms with Gasteiger partial charge in [-0.3, -0.25) is 4.99 Å². The van der Waals surface area contributed by atoms with Gasteiger partial charge in [-0.15, -0.1) is 0 Å². The molecule has 1 heterocycles. The number of thioether (sulfide) groups is 1. The van der Waals surface area contributed by atoms with Gasteiger partial charge in [0.25, 0.3) is 0 Å². The Labute approximate surface area is 111 Å². The van der Waals surface area contributed by atoms with Gasteiger partial charge >= 0.3 is 0 Å². The van der Waals surface area contributed by atoms with E-state index in [2.05, 4.69) is 23.3 Å². The summed E-state index contributed by atoms with van der Waals surface area (Å²) in [6.45, 7) is 2.14. The summed E-state index contributed by atoms with van der Waals surface area (Å²) in [5, 5.41) is 13.0. The van der Waals surface area contributed by atoms with Crippen LogP contribution in [0.15, 0.2) is 23.2 Å². The third-order valence-electron chi connectivity index (χ3n) is 2.76. The Hall–Kier alpha value is -1.67. The van der Waals surface area contributed by atoms with E-state index in [-0.39, 0.29) is 0 Å². The van der Waals surface area contributed by atoms with Crippen LogP contribution in [0.1, 0.15) is 18.9 Å². The molecule has 0 fully saturated rings. The molecule has 1 atom stereocenters. The molecule has 4 nitrogen and oxygen atoms in total. The van der Waals surface area contributed by atoms with Crippen LogP contribution in [0, 0.1) is 11.3 Å². The van der Waals surface area contributed by atoms with E-state index >= 15 is 0 Å². The molecule has 1 aliphatic rings. The number of nitrogens with zero attached hydrogens (tertiary/aromatic N) is 2. The zero-order chi connectivity index (χ0) is 13.0. The van der Waals surface area contributed by atoms with Crippen molar-refractivity contribution in [3.8, 4) is 11.8 Å². The number of anilines is 1. The largest absolute Gasteiger partial charge is 0.495 e. The number of benzene rings is 1. The average Bonchev–Trinajstić information content (AvgIpc) is 2.87. The van der Waals surface area contributed by atoms with Gasteiger partial charge in [0, 0.05) is 11.8 Å². The first-order valence-corrected chi connectivity index (χ1v) is 6.81. The summed E-state index contributed by atoms with van der Waals surface area (Å²) in [4.78, 5) is 4.57. The first-order chi connectivity index (χ1) is 8.76. The summed E-state index contributed by atoms with van der Waals surface area (Å²) in [6, 6.07) is 7.84. The molecule has 1 unspecified atom stereocenters. The second-order valence-electron chi connectivity index (χ2n) is 3.96. The lowest BCUT2D eigenvalue weighted by Crippen LogP contribution is -2.06. The Morgan fingerprint density at radius 2 is 2.44 bits per heavy atom. The fraction of sp³-hybridized carbons (Fsp3) is 0.385. The van der Waals surface area contributed by atoms with Gasteiger partial charge in [-0.05, 0) is 18.6 Å². The van der Waals surface area contributed by atoms with Crippen LogP contribution < -0.4 is 10.1 Å². The quantitative estimate of drug-likeness (QED) is 0.909. The minimum Gasteiger partial charge on any atom is -0.495 e. The van der Waals surface area contributed by atoms with Crippen LogP contribution in [0.5, 0.6) is 5.75 Å². The van der Waals surface area contributed by atoms with Gasteiger partial charge in [-0.25, -0.2) is 0 Å². The molecule has 1 N–H and O–H groups in total. The molecule has 1 aromatic rings. The highest BCUT2D eigenvalue weighted by atomic mass is 32.2. The van der Waals surface area contributed by atoms with Crippen molar-refractivity contribution in [1.29, 1.82) is 5.26 Å². The molecule has 0 saturated heterocycles. The Balaban J connectivity index is 2.17. The number of aliphatic imine (C=N–C) groups is 1. The van der Waals surface area contributed by atoms with E-state index in [0.717, 1.165) is 23.0 Å². The molecule has 2 rings (SSSR count). The molecule has 0 spiro atoms. The fourth-order valence-corrected chi connectivity index (χ4v) is 2.74. The van der Waals surface area contributed by atoms with Crippen LogP contribution in [0.2, 0.25) is 0 Å². The van der Waals surface area contributed by atoms with Crippen LogP contribution in [-0.4, -0.2) is 24.1 Å². The monoisotopic (exact) mass is 261 g/mol. The van der Waals surface area contributed by atoms with Crippen LogP contribution >= 0.6 is 11.8 Å². The van der Waals surface area contributed by atoms with Crippen molar-refractivity contribution in [1.82, 2.24) is 0 Å². The van der Waals surface area contributed by atoms with Gasteiger partial charge in [-0.1, -0.05) is 18.7 Å². The van der Waals surface area contributed by atoms with Gasteiger partial charge in [0.05, 0.1) is 30.5 Å². The minimum absolute atomic E-state index is 0.405. The molecule has 18 heavy (non-hydrogen) atoms. The third kappa shape index (κ3) is 2.77. The molecule has 0 bridgehead atoms. The van der Waals surface area contributed by atoms with Crippen LogP contribution in [0.3, 0.4) is 0 Å². The maximum absolute atomic E-state index is 8.85. The fourth-order valence-electron chi connectivity index (χ4n) is 1.67. The number of rotatable bonds is 3. The van der Waals surface area contributed by atoms with Crippen molar-refractivity contribution < 1.29 is 4.74 Å². The number of nitrogens with one attached hydrogen (secondary N) is 1. The summed E-state index contributed by atoms with van der Waals surface area (Å²) in [5.74, 6) is 1.69. The van der Waals surface area contributed by atoms with Gasteiger partial charge < -0.3 is 10.1 Å². The number of nitriles is 1. The van der Waals surface area contributed by atoms with Crippen LogP contribution in [0.4, 0.5) is 5.69 Å². The number of methoxy groups -OCH3 is 1. The van der Waals surface area contributed by atoms with Crippen molar-refractivity contribution in [2.24, 2.45) is 4.99 Å². The van der Waals surface area contributed by atoms with Crippen molar-refractivity contribution >= 4 is 22.6 Å². The summed E-state index contributed by atoms with van der Waals surface area (Å²) < 4.78 is 5.27. The molecule has 0 saturated carbocycles. The highest BCUT2D eigenvalue weighted by molar-refractivity contribution is 8.14. The molecule has 1 aliphatic heterocycles. The average molecular weight is 261 g/mol. The lowest BCUT2D eigenvalue weighted by molar-refractivity contribution is 0.417. The predicted octanol–water partition coefficient (Wildman–Crippen LogP) is 2.86. The van der Waals surface area contributed by atoms with Crippen LogP contribution in [-0.2, 0) is 0 Å². The third-order valence-corrected chi connectivity index (χ3v) is 3.79. The second-order valence-corrected chi connectivity index (χ2v) is 4.97. The van der Waals surface area contributed by atoms with E-state index in [1.807, 2.05) is 6.07 Å². The highest BCUT2D eigenvalue weighted by Crippen LogP contribution is 2.28. The summed E-state index contributed by atoms with van der Waals surface area (Å²) in [6.07, 6.45) is 1.06. The first-order valence-electron chi connectivity index (χ1n) is 5.82. The molecule has 1 aromatic carbocycles. The summed E-state index contributed by atoms with van der Waals surface area (Å²) in [5.41, 5.74) is 1.43. The van der Waals surface area contributed by atoms with Crippen molar-refractivity contribution in [3.05, 3.63) is 23.8 Å². The van der Waals surface area contributed by atoms with Gasteiger partial charge in [0.15, 0.2) is 5.17 Å². The molecule has 0 amide bonds. The normalized spacial score (nSPS) is 18.1. The Bertz CT molecular complexity index is 507. The van der Waals surface area contributed by atoms with E-state index in [9.17, 15) is 0 Å². The molecule has 0 aromatic heterocycles. The van der Waals surface area contributed by atoms with E-state index in [4.69, 9.17) is 10.00 Å². The smallest absolute Gasteiger partial charge is 0.161 e. The SMILES string of the molecule is CCC1CSC(Nc2ccc(C#N)cc2OC)=N1. The number of ether oxygens (including phenoxy) is 1. The summed E-state index contributed by atoms with van der Waals surface area (Å²) in [7, 11) is 1.60. The van der Waals surface area contributed by atoms with Crippen molar-refractivity contribution in [3.63, 3.8) is 0 Å². The van der Waals surface area contributed by atoms with E-state index < -0.39 is 0 Å². The zero-order valence-electron chi connectivity index (χ0n) is 10.4. The Morgan fingerprint density at radius 1 is 1.61 bits per heavy atom. The number of hydrogen-bond donors (Lipinski definition) is 1. The van der Waals surface area contributed by atoms with Gasteiger partial charge in [-0.2, -0.15) is 5.26 Å². The second kappa shape index (κ2) is 5.78. The predicted molar refractivity (Wildman–Crippen MR) is 75.3 cm³/mol.